The molecule has 1 unspecified atom stereocenters. The summed E-state index contributed by atoms with van der Waals surface area (Å²) in [5.74, 6) is 4.63. The first-order valence-corrected chi connectivity index (χ1v) is 8.45. The van der Waals surface area contributed by atoms with Crippen molar-refractivity contribution in [2.75, 3.05) is 25.7 Å². The predicted octanol–water partition coefficient (Wildman–Crippen LogP) is 3.63. The second-order valence-electron chi connectivity index (χ2n) is 5.41. The SMILES string of the molecule is COc1ccc(C(N)CSCC2CCCC2)cc1OC. The van der Waals surface area contributed by atoms with Gasteiger partial charge in [-0.15, -0.1) is 0 Å². The van der Waals surface area contributed by atoms with Crippen LogP contribution in [0.3, 0.4) is 0 Å². The summed E-state index contributed by atoms with van der Waals surface area (Å²) in [7, 11) is 3.30. The van der Waals surface area contributed by atoms with Crippen molar-refractivity contribution in [3.63, 3.8) is 0 Å². The van der Waals surface area contributed by atoms with Crippen LogP contribution in [0.15, 0.2) is 18.2 Å². The lowest BCUT2D eigenvalue weighted by Crippen LogP contribution is -2.14. The molecule has 0 bridgehead atoms. The molecule has 0 amide bonds. The average molecular weight is 295 g/mol. The van der Waals surface area contributed by atoms with E-state index in [2.05, 4.69) is 0 Å². The van der Waals surface area contributed by atoms with Crippen LogP contribution in [0.25, 0.3) is 0 Å². The summed E-state index contributed by atoms with van der Waals surface area (Å²) in [6.07, 6.45) is 5.62. The fourth-order valence-corrected chi connectivity index (χ4v) is 3.97. The third-order valence-corrected chi connectivity index (χ3v) is 5.26. The molecule has 0 saturated heterocycles. The Hall–Kier alpha value is -0.870. The van der Waals surface area contributed by atoms with Gasteiger partial charge in [0.25, 0.3) is 0 Å². The molecule has 20 heavy (non-hydrogen) atoms. The molecule has 0 heterocycles. The molecule has 1 fully saturated rings. The number of methoxy groups -OCH3 is 2. The van der Waals surface area contributed by atoms with E-state index >= 15 is 0 Å². The topological polar surface area (TPSA) is 44.5 Å². The van der Waals surface area contributed by atoms with Gasteiger partial charge in [0.05, 0.1) is 14.2 Å². The van der Waals surface area contributed by atoms with Gasteiger partial charge in [0.1, 0.15) is 0 Å². The van der Waals surface area contributed by atoms with E-state index in [1.54, 1.807) is 14.2 Å². The van der Waals surface area contributed by atoms with Crippen LogP contribution >= 0.6 is 11.8 Å². The van der Waals surface area contributed by atoms with Gasteiger partial charge >= 0.3 is 0 Å². The zero-order valence-electron chi connectivity index (χ0n) is 12.4. The van der Waals surface area contributed by atoms with E-state index in [0.29, 0.717) is 0 Å². The molecule has 1 saturated carbocycles. The van der Waals surface area contributed by atoms with Gasteiger partial charge < -0.3 is 15.2 Å². The molecule has 2 rings (SSSR count). The van der Waals surface area contributed by atoms with E-state index < -0.39 is 0 Å². The Labute approximate surface area is 126 Å². The Morgan fingerprint density at radius 2 is 1.90 bits per heavy atom. The normalized spacial score (nSPS) is 17.1. The number of nitrogens with two attached hydrogens (primary N) is 1. The number of hydrogen-bond donors (Lipinski definition) is 1. The maximum atomic E-state index is 6.28. The van der Waals surface area contributed by atoms with Gasteiger partial charge in [-0.3, -0.25) is 0 Å². The maximum absolute atomic E-state index is 6.28. The number of rotatable bonds is 7. The van der Waals surface area contributed by atoms with Crippen LogP contribution in [-0.2, 0) is 0 Å². The van der Waals surface area contributed by atoms with Crippen molar-refractivity contribution in [2.24, 2.45) is 11.7 Å². The lowest BCUT2D eigenvalue weighted by Gasteiger charge is -2.16. The highest BCUT2D eigenvalue weighted by atomic mass is 32.2. The number of hydrogen-bond acceptors (Lipinski definition) is 4. The monoisotopic (exact) mass is 295 g/mol. The van der Waals surface area contributed by atoms with Crippen LogP contribution in [0, 0.1) is 5.92 Å². The van der Waals surface area contributed by atoms with Gasteiger partial charge in [-0.25, -0.2) is 0 Å². The molecule has 1 aliphatic rings. The average Bonchev–Trinajstić information content (AvgIpc) is 2.99. The summed E-state index contributed by atoms with van der Waals surface area (Å²) < 4.78 is 10.6. The van der Waals surface area contributed by atoms with Crippen LogP contribution in [0.1, 0.15) is 37.3 Å². The van der Waals surface area contributed by atoms with Crippen LogP contribution in [0.4, 0.5) is 0 Å². The smallest absolute Gasteiger partial charge is 0.161 e. The summed E-state index contributed by atoms with van der Waals surface area (Å²) in [6, 6.07) is 6.00. The summed E-state index contributed by atoms with van der Waals surface area (Å²) in [5, 5.41) is 0. The highest BCUT2D eigenvalue weighted by Crippen LogP contribution is 2.32. The van der Waals surface area contributed by atoms with Gasteiger partial charge in [-0.05, 0) is 42.2 Å². The first-order chi connectivity index (χ1) is 9.74. The molecule has 3 nitrogen and oxygen atoms in total. The van der Waals surface area contributed by atoms with E-state index in [-0.39, 0.29) is 6.04 Å². The molecule has 2 N–H and O–H groups in total. The van der Waals surface area contributed by atoms with Gasteiger partial charge in [0, 0.05) is 11.8 Å². The van der Waals surface area contributed by atoms with Crippen LogP contribution in [0.2, 0.25) is 0 Å². The van der Waals surface area contributed by atoms with Crippen molar-refractivity contribution in [1.82, 2.24) is 0 Å². The molecule has 0 spiro atoms. The Morgan fingerprint density at radius 1 is 1.20 bits per heavy atom. The Kier molecular flexibility index (Phi) is 6.05. The van der Waals surface area contributed by atoms with Gasteiger partial charge in [-0.2, -0.15) is 11.8 Å². The number of thioether (sulfide) groups is 1. The van der Waals surface area contributed by atoms with E-state index in [1.807, 2.05) is 30.0 Å². The maximum Gasteiger partial charge on any atom is 0.161 e. The van der Waals surface area contributed by atoms with Gasteiger partial charge in [0.2, 0.25) is 0 Å². The van der Waals surface area contributed by atoms with Crippen molar-refractivity contribution >= 4 is 11.8 Å². The summed E-state index contributed by atoms with van der Waals surface area (Å²) >= 11 is 1.98. The molecule has 0 aromatic heterocycles. The third-order valence-electron chi connectivity index (χ3n) is 3.96. The Balaban J connectivity index is 1.86. The molecular formula is C16H25NO2S. The molecule has 1 aliphatic carbocycles. The lowest BCUT2D eigenvalue weighted by atomic mass is 10.1. The van der Waals surface area contributed by atoms with Crippen molar-refractivity contribution in [2.45, 2.75) is 31.7 Å². The first kappa shape index (κ1) is 15.5. The van der Waals surface area contributed by atoms with E-state index in [1.165, 1.54) is 31.4 Å². The van der Waals surface area contributed by atoms with Gasteiger partial charge in [0.15, 0.2) is 11.5 Å². The quantitative estimate of drug-likeness (QED) is 0.834. The summed E-state index contributed by atoms with van der Waals surface area (Å²) in [5.41, 5.74) is 7.39. The summed E-state index contributed by atoms with van der Waals surface area (Å²) in [6.45, 7) is 0. The minimum Gasteiger partial charge on any atom is -0.493 e. The minimum atomic E-state index is 0.0567. The van der Waals surface area contributed by atoms with Crippen molar-refractivity contribution in [3.8, 4) is 11.5 Å². The van der Waals surface area contributed by atoms with Crippen molar-refractivity contribution in [3.05, 3.63) is 23.8 Å². The molecule has 1 atom stereocenters. The largest absolute Gasteiger partial charge is 0.493 e. The molecule has 1 aromatic carbocycles. The van der Waals surface area contributed by atoms with Crippen molar-refractivity contribution < 1.29 is 9.47 Å². The van der Waals surface area contributed by atoms with Crippen LogP contribution in [0.5, 0.6) is 11.5 Å². The second-order valence-corrected chi connectivity index (χ2v) is 6.48. The molecule has 1 aromatic rings. The standard InChI is InChI=1S/C16H25NO2S/c1-18-15-8-7-13(9-16(15)19-2)14(17)11-20-10-12-5-3-4-6-12/h7-9,12,14H,3-6,10-11,17H2,1-2H3. The van der Waals surface area contributed by atoms with Crippen molar-refractivity contribution in [1.29, 1.82) is 0 Å². The van der Waals surface area contributed by atoms with Crippen LogP contribution in [-0.4, -0.2) is 25.7 Å². The highest BCUT2D eigenvalue weighted by molar-refractivity contribution is 7.99. The zero-order valence-corrected chi connectivity index (χ0v) is 13.2. The molecule has 112 valence electrons. The molecule has 0 radical (unpaired) electrons. The number of benzene rings is 1. The third kappa shape index (κ3) is 4.06. The minimum absolute atomic E-state index is 0.0567. The van der Waals surface area contributed by atoms with Crippen LogP contribution < -0.4 is 15.2 Å². The highest BCUT2D eigenvalue weighted by Gasteiger charge is 2.16. The fourth-order valence-electron chi connectivity index (χ4n) is 2.72. The molecular weight excluding hydrogens is 270 g/mol. The summed E-state index contributed by atoms with van der Waals surface area (Å²) in [4.78, 5) is 0. The van der Waals surface area contributed by atoms with E-state index in [4.69, 9.17) is 15.2 Å². The second kappa shape index (κ2) is 7.79. The molecule has 0 aliphatic heterocycles. The Morgan fingerprint density at radius 3 is 2.55 bits per heavy atom. The number of ether oxygens (including phenoxy) is 2. The predicted molar refractivity (Wildman–Crippen MR) is 85.8 cm³/mol. The van der Waals surface area contributed by atoms with E-state index in [0.717, 1.165) is 28.7 Å². The molecule has 4 heteroatoms. The fraction of sp³-hybridized carbons (Fsp3) is 0.625. The van der Waals surface area contributed by atoms with Gasteiger partial charge in [-0.1, -0.05) is 18.9 Å². The first-order valence-electron chi connectivity index (χ1n) is 7.30. The van der Waals surface area contributed by atoms with E-state index in [9.17, 15) is 0 Å². The zero-order chi connectivity index (χ0) is 14.4. The Bertz CT molecular complexity index is 419. The lowest BCUT2D eigenvalue weighted by molar-refractivity contribution is 0.354.